The van der Waals surface area contributed by atoms with Crippen molar-refractivity contribution in [2.24, 2.45) is 0 Å². The number of rotatable bonds is 1. The normalized spacial score (nSPS) is 11.2. The molecule has 0 N–H and O–H groups in total. The van der Waals surface area contributed by atoms with Crippen molar-refractivity contribution in [3.05, 3.63) is 45.0 Å². The van der Waals surface area contributed by atoms with Crippen molar-refractivity contribution >= 4 is 33.2 Å². The molecule has 2 heterocycles. The van der Waals surface area contributed by atoms with Crippen LogP contribution in [0.5, 0.6) is 0 Å². The highest BCUT2D eigenvalue weighted by atomic mass is 79.9. The minimum atomic E-state index is 0.475. The van der Waals surface area contributed by atoms with E-state index in [0.717, 1.165) is 26.8 Å². The van der Waals surface area contributed by atoms with Gasteiger partial charge in [-0.25, -0.2) is 0 Å². The minimum absolute atomic E-state index is 0.475. The molecule has 19 heavy (non-hydrogen) atoms. The molecule has 1 aromatic carbocycles. The quantitative estimate of drug-likeness (QED) is 0.678. The number of benzene rings is 1. The second kappa shape index (κ2) is 4.58. The maximum absolute atomic E-state index is 6.14. The van der Waals surface area contributed by atoms with Crippen molar-refractivity contribution in [3.8, 4) is 11.4 Å². The summed E-state index contributed by atoms with van der Waals surface area (Å²) in [6.45, 7) is 3.90. The van der Waals surface area contributed by atoms with E-state index in [4.69, 9.17) is 11.6 Å². The smallest absolute Gasteiger partial charge is 0.185 e. The predicted octanol–water partition coefficient (Wildman–Crippen LogP) is 3.82. The van der Waals surface area contributed by atoms with Crippen LogP contribution in [-0.4, -0.2) is 19.8 Å². The van der Waals surface area contributed by atoms with Gasteiger partial charge in [-0.1, -0.05) is 39.7 Å². The summed E-state index contributed by atoms with van der Waals surface area (Å²) in [4.78, 5) is 0. The van der Waals surface area contributed by atoms with E-state index in [1.807, 2.05) is 38.1 Å². The molecule has 96 valence electrons. The lowest BCUT2D eigenvalue weighted by Crippen LogP contribution is -2.00. The summed E-state index contributed by atoms with van der Waals surface area (Å²) in [6, 6.07) is 7.84. The van der Waals surface area contributed by atoms with Gasteiger partial charge < -0.3 is 0 Å². The molecule has 0 aliphatic carbocycles. The summed E-state index contributed by atoms with van der Waals surface area (Å²) < 4.78 is 2.71. The Hall–Kier alpha value is -1.46. The van der Waals surface area contributed by atoms with Gasteiger partial charge in [-0.2, -0.15) is 9.61 Å². The lowest BCUT2D eigenvalue weighted by Gasteiger charge is -2.05. The molecule has 0 bridgehead atoms. The lowest BCUT2D eigenvalue weighted by atomic mass is 10.2. The van der Waals surface area contributed by atoms with Gasteiger partial charge in [-0.05, 0) is 31.5 Å². The Balaban J connectivity index is 2.29. The number of halogens is 2. The first-order valence-electron chi connectivity index (χ1n) is 5.72. The van der Waals surface area contributed by atoms with Crippen LogP contribution >= 0.6 is 27.5 Å². The zero-order chi connectivity index (χ0) is 13.6. The van der Waals surface area contributed by atoms with Crippen molar-refractivity contribution in [1.29, 1.82) is 0 Å². The van der Waals surface area contributed by atoms with Crippen molar-refractivity contribution in [2.45, 2.75) is 13.8 Å². The molecule has 0 fully saturated rings. The highest BCUT2D eigenvalue weighted by Crippen LogP contribution is 2.24. The van der Waals surface area contributed by atoms with Crippen LogP contribution in [0.4, 0.5) is 0 Å². The van der Waals surface area contributed by atoms with Gasteiger partial charge in [-0.15, -0.1) is 10.2 Å². The summed E-state index contributed by atoms with van der Waals surface area (Å²) in [5.74, 6) is 0.688. The van der Waals surface area contributed by atoms with E-state index in [1.54, 1.807) is 4.52 Å². The van der Waals surface area contributed by atoms with Crippen LogP contribution in [0.3, 0.4) is 0 Å². The fraction of sp³-hybridized carbons (Fsp3) is 0.154. The molecule has 2 aromatic heterocycles. The van der Waals surface area contributed by atoms with Crippen LogP contribution in [0.25, 0.3) is 17.0 Å². The Morgan fingerprint density at radius 3 is 2.42 bits per heavy atom. The van der Waals surface area contributed by atoms with Gasteiger partial charge in [-0.3, -0.25) is 0 Å². The average molecular weight is 338 g/mol. The first-order valence-corrected chi connectivity index (χ1v) is 6.89. The second-order valence-electron chi connectivity index (χ2n) is 4.31. The van der Waals surface area contributed by atoms with Crippen molar-refractivity contribution in [1.82, 2.24) is 19.8 Å². The molecule has 3 rings (SSSR count). The molecule has 0 radical (unpaired) electrons. The largest absolute Gasteiger partial charge is 0.191 e. The van der Waals surface area contributed by atoms with Gasteiger partial charge in [0, 0.05) is 15.6 Å². The topological polar surface area (TPSA) is 43.1 Å². The molecule has 0 aliphatic heterocycles. The second-order valence-corrected chi connectivity index (χ2v) is 5.58. The van der Waals surface area contributed by atoms with Crippen LogP contribution in [0, 0.1) is 13.8 Å². The van der Waals surface area contributed by atoms with Gasteiger partial charge in [0.2, 0.25) is 0 Å². The number of fused-ring (bicyclic) bond motifs is 1. The Labute approximate surface area is 123 Å². The molecular formula is C13H10BrClN4. The Bertz CT molecular complexity index is 764. The molecule has 0 amide bonds. The van der Waals surface area contributed by atoms with Crippen LogP contribution in [0.2, 0.25) is 5.15 Å². The monoisotopic (exact) mass is 336 g/mol. The van der Waals surface area contributed by atoms with Crippen LogP contribution in [-0.2, 0) is 0 Å². The number of aromatic nitrogens is 4. The highest BCUT2D eigenvalue weighted by Gasteiger charge is 2.14. The van der Waals surface area contributed by atoms with Crippen LogP contribution in [0.15, 0.2) is 28.7 Å². The summed E-state index contributed by atoms with van der Waals surface area (Å²) in [5, 5.41) is 13.2. The van der Waals surface area contributed by atoms with E-state index in [2.05, 4.69) is 31.2 Å². The standard InChI is InChI=1S/C13H10BrClN4/c1-7-8(2)12-16-17-13(19(12)18-11(7)15)9-3-5-10(14)6-4-9/h3-6H,1-2H3. The van der Waals surface area contributed by atoms with Gasteiger partial charge in [0.25, 0.3) is 0 Å². The molecular weight excluding hydrogens is 328 g/mol. The number of aryl methyl sites for hydroxylation is 1. The third-order valence-electron chi connectivity index (χ3n) is 3.14. The zero-order valence-electron chi connectivity index (χ0n) is 10.4. The maximum Gasteiger partial charge on any atom is 0.185 e. The van der Waals surface area contributed by atoms with Crippen LogP contribution < -0.4 is 0 Å². The maximum atomic E-state index is 6.14. The van der Waals surface area contributed by atoms with Gasteiger partial charge in [0.05, 0.1) is 0 Å². The van der Waals surface area contributed by atoms with Gasteiger partial charge >= 0.3 is 0 Å². The third kappa shape index (κ3) is 2.03. The first-order chi connectivity index (χ1) is 9.08. The Kier molecular flexibility index (Phi) is 3.03. The fourth-order valence-corrected chi connectivity index (χ4v) is 2.35. The zero-order valence-corrected chi connectivity index (χ0v) is 12.7. The summed E-state index contributed by atoms with van der Waals surface area (Å²) >= 11 is 9.55. The molecule has 0 saturated carbocycles. The van der Waals surface area contributed by atoms with E-state index in [9.17, 15) is 0 Å². The van der Waals surface area contributed by atoms with E-state index in [0.29, 0.717) is 11.0 Å². The fourth-order valence-electron chi connectivity index (χ4n) is 1.87. The van der Waals surface area contributed by atoms with E-state index >= 15 is 0 Å². The van der Waals surface area contributed by atoms with Crippen molar-refractivity contribution in [3.63, 3.8) is 0 Å². The minimum Gasteiger partial charge on any atom is -0.191 e. The lowest BCUT2D eigenvalue weighted by molar-refractivity contribution is 0.919. The van der Waals surface area contributed by atoms with Crippen molar-refractivity contribution in [2.75, 3.05) is 0 Å². The molecule has 0 unspecified atom stereocenters. The summed E-state index contributed by atoms with van der Waals surface area (Å²) in [7, 11) is 0. The predicted molar refractivity (Wildman–Crippen MR) is 78.4 cm³/mol. The molecule has 0 saturated heterocycles. The van der Waals surface area contributed by atoms with Crippen molar-refractivity contribution < 1.29 is 0 Å². The van der Waals surface area contributed by atoms with Gasteiger partial charge in [0.1, 0.15) is 0 Å². The molecule has 0 spiro atoms. The number of nitrogens with zero attached hydrogens (tertiary/aromatic N) is 4. The molecule has 6 heteroatoms. The average Bonchev–Trinajstić information content (AvgIpc) is 2.81. The summed E-state index contributed by atoms with van der Waals surface area (Å²) in [5.41, 5.74) is 3.61. The SMILES string of the molecule is Cc1c(Cl)nn2c(-c3ccc(Br)cc3)nnc2c1C. The molecule has 4 nitrogen and oxygen atoms in total. The Morgan fingerprint density at radius 2 is 1.74 bits per heavy atom. The molecule has 0 atom stereocenters. The van der Waals surface area contributed by atoms with Gasteiger partial charge in [0.15, 0.2) is 16.6 Å². The van der Waals surface area contributed by atoms with E-state index < -0.39 is 0 Å². The number of hydrogen-bond donors (Lipinski definition) is 0. The van der Waals surface area contributed by atoms with E-state index in [1.165, 1.54) is 0 Å². The first kappa shape index (κ1) is 12.6. The highest BCUT2D eigenvalue weighted by molar-refractivity contribution is 9.10. The molecule has 0 aliphatic rings. The Morgan fingerprint density at radius 1 is 1.05 bits per heavy atom. The number of hydrogen-bond acceptors (Lipinski definition) is 3. The van der Waals surface area contributed by atoms with Crippen LogP contribution in [0.1, 0.15) is 11.1 Å². The summed E-state index contributed by atoms with van der Waals surface area (Å²) in [6.07, 6.45) is 0. The van der Waals surface area contributed by atoms with E-state index in [-0.39, 0.29) is 0 Å². The molecule has 3 aromatic rings. The third-order valence-corrected chi connectivity index (χ3v) is 4.03.